The number of esters is 1. The van der Waals surface area contributed by atoms with Crippen molar-refractivity contribution in [3.05, 3.63) is 132 Å². The van der Waals surface area contributed by atoms with E-state index in [2.05, 4.69) is 36.1 Å². The smallest absolute Gasteiger partial charge is 0.307 e. The summed E-state index contributed by atoms with van der Waals surface area (Å²) in [6, 6.07) is 34.7. The van der Waals surface area contributed by atoms with Gasteiger partial charge in [-0.3, -0.25) is 9.69 Å². The van der Waals surface area contributed by atoms with Crippen LogP contribution in [0.4, 0.5) is 4.39 Å². The lowest BCUT2D eigenvalue weighted by Crippen LogP contribution is -2.33. The molecule has 0 aromatic heterocycles. The van der Waals surface area contributed by atoms with Gasteiger partial charge in [0.25, 0.3) is 0 Å². The zero-order valence-electron chi connectivity index (χ0n) is 20.8. The number of halogens is 1. The number of hydrogen-bond acceptors (Lipinski definition) is 3. The van der Waals surface area contributed by atoms with Gasteiger partial charge in [-0.15, -0.1) is 0 Å². The van der Waals surface area contributed by atoms with Gasteiger partial charge in [0, 0.05) is 24.2 Å². The summed E-state index contributed by atoms with van der Waals surface area (Å²) in [6.45, 7) is 4.73. The first-order valence-corrected chi connectivity index (χ1v) is 12.4. The van der Waals surface area contributed by atoms with Crippen molar-refractivity contribution in [2.24, 2.45) is 0 Å². The van der Waals surface area contributed by atoms with Crippen molar-refractivity contribution in [2.75, 3.05) is 6.61 Å². The topological polar surface area (TPSA) is 29.5 Å². The number of nitrogens with zero attached hydrogens (tertiary/aromatic N) is 1. The Morgan fingerprint density at radius 2 is 1.44 bits per heavy atom. The summed E-state index contributed by atoms with van der Waals surface area (Å²) < 4.78 is 20.9. The van der Waals surface area contributed by atoms with E-state index in [0.29, 0.717) is 12.1 Å². The van der Waals surface area contributed by atoms with Crippen LogP contribution in [-0.2, 0) is 16.1 Å². The first-order valence-electron chi connectivity index (χ1n) is 12.4. The van der Waals surface area contributed by atoms with Crippen LogP contribution in [0.5, 0.6) is 0 Å². The second kappa shape index (κ2) is 12.3. The third kappa shape index (κ3) is 6.27. The molecular weight excluding hydrogens is 449 g/mol. The van der Waals surface area contributed by atoms with Crippen molar-refractivity contribution in [2.45, 2.75) is 38.9 Å². The van der Waals surface area contributed by atoms with Gasteiger partial charge in [0.05, 0.1) is 13.0 Å². The number of carbonyl (C=O) groups excluding carboxylic acids is 1. The molecule has 0 bridgehead atoms. The second-order valence-electron chi connectivity index (χ2n) is 8.87. The Morgan fingerprint density at radius 1 is 0.833 bits per heavy atom. The predicted octanol–water partition coefficient (Wildman–Crippen LogP) is 7.75. The van der Waals surface area contributed by atoms with Crippen molar-refractivity contribution in [1.82, 2.24) is 4.90 Å². The number of carbonyl (C=O) groups is 1. The summed E-state index contributed by atoms with van der Waals surface area (Å²) in [5, 5.41) is 0. The molecule has 2 atom stereocenters. The summed E-state index contributed by atoms with van der Waals surface area (Å²) in [6.07, 6.45) is 0.0486. The quantitative estimate of drug-likeness (QED) is 0.217. The Hall–Kier alpha value is -3.76. The van der Waals surface area contributed by atoms with Gasteiger partial charge >= 0.3 is 5.97 Å². The van der Waals surface area contributed by atoms with Crippen LogP contribution in [0, 0.1) is 5.82 Å². The second-order valence-corrected chi connectivity index (χ2v) is 8.87. The molecule has 2 unspecified atom stereocenters. The van der Waals surface area contributed by atoms with E-state index in [4.69, 9.17) is 4.74 Å². The number of rotatable bonds is 10. The van der Waals surface area contributed by atoms with E-state index >= 15 is 4.39 Å². The standard InChI is InChI=1S/C32H32FNO2/c1-3-36-32(35)22-31(29-21-28(19-20-30(29)33)27-17-11-6-12-18-27)34(23-25-13-7-4-8-14-25)24(2)26-15-9-5-10-16-26/h4-21,24,31H,3,22-23H2,1-2H3. The predicted molar refractivity (Wildman–Crippen MR) is 143 cm³/mol. The molecular formula is C32H32FNO2. The van der Waals surface area contributed by atoms with Crippen molar-refractivity contribution in [3.8, 4) is 11.1 Å². The third-order valence-corrected chi connectivity index (χ3v) is 6.52. The molecule has 0 heterocycles. The van der Waals surface area contributed by atoms with E-state index in [1.165, 1.54) is 6.07 Å². The molecule has 4 rings (SSSR count). The fraction of sp³-hybridized carbons (Fsp3) is 0.219. The van der Waals surface area contributed by atoms with Crippen LogP contribution < -0.4 is 0 Å². The highest BCUT2D eigenvalue weighted by atomic mass is 19.1. The van der Waals surface area contributed by atoms with E-state index in [0.717, 1.165) is 22.3 Å². The van der Waals surface area contributed by atoms with Crippen LogP contribution in [0.25, 0.3) is 11.1 Å². The maximum absolute atomic E-state index is 15.6. The Labute approximate surface area is 213 Å². The number of ether oxygens (including phenoxy) is 1. The average Bonchev–Trinajstić information content (AvgIpc) is 2.92. The molecule has 3 nitrogen and oxygen atoms in total. The SMILES string of the molecule is CCOC(=O)CC(c1cc(-c2ccccc2)ccc1F)N(Cc1ccccc1)C(C)c1ccccc1. The van der Waals surface area contributed by atoms with Crippen LogP contribution in [0.2, 0.25) is 0 Å². The zero-order valence-corrected chi connectivity index (χ0v) is 20.8. The van der Waals surface area contributed by atoms with Gasteiger partial charge in [-0.1, -0.05) is 97.1 Å². The van der Waals surface area contributed by atoms with Crippen molar-refractivity contribution in [3.63, 3.8) is 0 Å². The molecule has 0 radical (unpaired) electrons. The normalized spacial score (nSPS) is 12.8. The molecule has 0 fully saturated rings. The molecule has 0 N–H and O–H groups in total. The molecule has 0 saturated carbocycles. The summed E-state index contributed by atoms with van der Waals surface area (Å²) in [7, 11) is 0. The molecule has 36 heavy (non-hydrogen) atoms. The van der Waals surface area contributed by atoms with E-state index < -0.39 is 6.04 Å². The molecule has 0 aliphatic carbocycles. The first kappa shape index (κ1) is 25.3. The Balaban J connectivity index is 1.82. The largest absolute Gasteiger partial charge is 0.466 e. The van der Waals surface area contributed by atoms with Gasteiger partial charge < -0.3 is 4.74 Å². The third-order valence-electron chi connectivity index (χ3n) is 6.52. The van der Waals surface area contributed by atoms with E-state index in [1.807, 2.05) is 72.8 Å². The minimum atomic E-state index is -0.525. The minimum absolute atomic E-state index is 0.0486. The van der Waals surface area contributed by atoms with Gasteiger partial charge in [0.2, 0.25) is 0 Å². The fourth-order valence-electron chi connectivity index (χ4n) is 4.63. The van der Waals surface area contributed by atoms with Crippen molar-refractivity contribution < 1.29 is 13.9 Å². The van der Waals surface area contributed by atoms with E-state index in [9.17, 15) is 4.79 Å². The maximum atomic E-state index is 15.6. The highest BCUT2D eigenvalue weighted by molar-refractivity contribution is 5.71. The molecule has 0 aliphatic rings. The molecule has 0 saturated heterocycles. The van der Waals surface area contributed by atoms with Gasteiger partial charge in [0.1, 0.15) is 5.82 Å². The monoisotopic (exact) mass is 481 g/mol. The van der Waals surface area contributed by atoms with Gasteiger partial charge in [-0.2, -0.15) is 0 Å². The molecule has 4 aromatic carbocycles. The zero-order chi connectivity index (χ0) is 25.3. The highest BCUT2D eigenvalue weighted by Crippen LogP contribution is 2.37. The van der Waals surface area contributed by atoms with Crippen LogP contribution in [0.3, 0.4) is 0 Å². The Morgan fingerprint density at radius 3 is 2.08 bits per heavy atom. The molecule has 0 amide bonds. The van der Waals surface area contributed by atoms with Gasteiger partial charge in [-0.05, 0) is 48.2 Å². The first-order chi connectivity index (χ1) is 17.6. The lowest BCUT2D eigenvalue weighted by atomic mass is 9.93. The molecule has 0 aliphatic heterocycles. The molecule has 184 valence electrons. The van der Waals surface area contributed by atoms with Crippen LogP contribution >= 0.6 is 0 Å². The molecule has 4 aromatic rings. The summed E-state index contributed by atoms with van der Waals surface area (Å²) in [4.78, 5) is 15.0. The number of benzene rings is 4. The lowest BCUT2D eigenvalue weighted by molar-refractivity contribution is -0.145. The summed E-state index contributed by atoms with van der Waals surface area (Å²) in [5.41, 5.74) is 4.59. The van der Waals surface area contributed by atoms with Crippen LogP contribution in [-0.4, -0.2) is 17.5 Å². The molecule has 4 heteroatoms. The Bertz CT molecular complexity index is 1250. The number of hydrogen-bond donors (Lipinski definition) is 0. The average molecular weight is 482 g/mol. The lowest BCUT2D eigenvalue weighted by Gasteiger charge is -2.37. The summed E-state index contributed by atoms with van der Waals surface area (Å²) in [5.74, 6) is -0.673. The van der Waals surface area contributed by atoms with Crippen molar-refractivity contribution >= 4 is 5.97 Å². The van der Waals surface area contributed by atoms with Crippen LogP contribution in [0.15, 0.2) is 109 Å². The Kier molecular flexibility index (Phi) is 8.64. The van der Waals surface area contributed by atoms with Gasteiger partial charge in [0.15, 0.2) is 0 Å². The fourth-order valence-corrected chi connectivity index (χ4v) is 4.63. The molecule has 0 spiro atoms. The van der Waals surface area contributed by atoms with E-state index in [-0.39, 0.29) is 30.9 Å². The van der Waals surface area contributed by atoms with Gasteiger partial charge in [-0.25, -0.2) is 4.39 Å². The minimum Gasteiger partial charge on any atom is -0.466 e. The van der Waals surface area contributed by atoms with E-state index in [1.54, 1.807) is 13.0 Å². The highest BCUT2D eigenvalue weighted by Gasteiger charge is 2.31. The van der Waals surface area contributed by atoms with Crippen molar-refractivity contribution in [1.29, 1.82) is 0 Å². The van der Waals surface area contributed by atoms with Crippen LogP contribution in [0.1, 0.15) is 49.0 Å². The maximum Gasteiger partial charge on any atom is 0.307 e. The summed E-state index contributed by atoms with van der Waals surface area (Å²) >= 11 is 0.